The van der Waals surface area contributed by atoms with Gasteiger partial charge in [-0.05, 0) is 42.5 Å². The van der Waals surface area contributed by atoms with E-state index in [0.29, 0.717) is 27.9 Å². The minimum Gasteiger partial charge on any atom is -0.484 e. The minimum atomic E-state index is -0.548. The number of hydrogen-bond acceptors (Lipinski definition) is 4. The Hall–Kier alpha value is -3.31. The highest BCUT2D eigenvalue weighted by atomic mass is 35.5. The monoisotopic (exact) mass is 379 g/mol. The molecule has 5 nitrogen and oxygen atoms in total. The Kier molecular flexibility index (Phi) is 4.52. The van der Waals surface area contributed by atoms with Gasteiger partial charge in [0, 0.05) is 5.02 Å². The second-order valence-electron chi connectivity index (χ2n) is 5.85. The van der Waals surface area contributed by atoms with Crippen molar-refractivity contribution in [2.45, 2.75) is 0 Å². The third kappa shape index (κ3) is 3.37. The van der Waals surface area contributed by atoms with E-state index in [2.05, 4.69) is 0 Å². The zero-order valence-electron chi connectivity index (χ0n) is 14.1. The number of ether oxygens (including phenoxy) is 2. The Balaban J connectivity index is 1.76. The first-order valence-corrected chi connectivity index (χ1v) is 8.63. The average Bonchev–Trinajstić information content (AvgIpc) is 2.80. The van der Waals surface area contributed by atoms with Gasteiger partial charge in [-0.25, -0.2) is 4.79 Å². The molecule has 1 aliphatic rings. The van der Waals surface area contributed by atoms with Crippen molar-refractivity contribution >= 4 is 34.9 Å². The standard InChI is InChI=1S/C21H14ClNO4/c22-14-10-11-16-18(12-14)23(17-8-4-5-9-19(17)27-21(16)25)20(24)13-26-15-6-2-1-3-7-15/h1-12H,13H2. The van der Waals surface area contributed by atoms with Crippen LogP contribution in [0.4, 0.5) is 11.4 Å². The summed E-state index contributed by atoms with van der Waals surface area (Å²) in [5.74, 6) is -0.0306. The molecule has 0 fully saturated rings. The van der Waals surface area contributed by atoms with Crippen molar-refractivity contribution in [2.75, 3.05) is 11.5 Å². The van der Waals surface area contributed by atoms with Crippen molar-refractivity contribution in [3.05, 3.63) is 83.4 Å². The molecule has 3 aromatic carbocycles. The molecule has 27 heavy (non-hydrogen) atoms. The normalized spacial score (nSPS) is 12.5. The van der Waals surface area contributed by atoms with Gasteiger partial charge in [0.05, 0.1) is 16.9 Å². The number of para-hydroxylation sites is 3. The number of benzene rings is 3. The lowest BCUT2D eigenvalue weighted by atomic mass is 10.1. The van der Waals surface area contributed by atoms with E-state index in [9.17, 15) is 9.59 Å². The highest BCUT2D eigenvalue weighted by molar-refractivity contribution is 6.31. The van der Waals surface area contributed by atoms with E-state index in [1.807, 2.05) is 18.2 Å². The molecule has 0 saturated carbocycles. The predicted octanol–water partition coefficient (Wildman–Crippen LogP) is 4.62. The van der Waals surface area contributed by atoms with Crippen LogP contribution in [0.1, 0.15) is 10.4 Å². The van der Waals surface area contributed by atoms with Gasteiger partial charge in [-0.2, -0.15) is 0 Å². The second kappa shape index (κ2) is 7.13. The van der Waals surface area contributed by atoms with Gasteiger partial charge in [-0.3, -0.25) is 9.69 Å². The van der Waals surface area contributed by atoms with Crippen LogP contribution in [0.5, 0.6) is 11.5 Å². The van der Waals surface area contributed by atoms with Crippen molar-refractivity contribution in [3.8, 4) is 11.5 Å². The maximum atomic E-state index is 13.1. The van der Waals surface area contributed by atoms with Gasteiger partial charge in [-0.15, -0.1) is 0 Å². The summed E-state index contributed by atoms with van der Waals surface area (Å²) < 4.78 is 11.0. The van der Waals surface area contributed by atoms with E-state index < -0.39 is 5.97 Å². The Morgan fingerprint density at radius 3 is 2.52 bits per heavy atom. The maximum absolute atomic E-state index is 13.1. The maximum Gasteiger partial charge on any atom is 0.345 e. The highest BCUT2D eigenvalue weighted by Crippen LogP contribution is 2.40. The number of carbonyl (C=O) groups excluding carboxylic acids is 2. The second-order valence-corrected chi connectivity index (χ2v) is 6.29. The molecule has 0 radical (unpaired) electrons. The van der Waals surface area contributed by atoms with Crippen molar-refractivity contribution < 1.29 is 19.1 Å². The van der Waals surface area contributed by atoms with Crippen LogP contribution in [0.3, 0.4) is 0 Å². The lowest BCUT2D eigenvalue weighted by Crippen LogP contribution is -2.31. The SMILES string of the molecule is O=C1Oc2ccccc2N(C(=O)COc2ccccc2)c2cc(Cl)ccc21. The number of halogens is 1. The van der Waals surface area contributed by atoms with Crippen LogP contribution in [-0.2, 0) is 4.79 Å². The molecule has 0 aliphatic carbocycles. The number of esters is 1. The van der Waals surface area contributed by atoms with Crippen molar-refractivity contribution in [1.29, 1.82) is 0 Å². The molecular weight excluding hydrogens is 366 g/mol. The first-order chi connectivity index (χ1) is 13.1. The average molecular weight is 380 g/mol. The van der Waals surface area contributed by atoms with Crippen LogP contribution in [0.15, 0.2) is 72.8 Å². The van der Waals surface area contributed by atoms with Gasteiger partial charge in [0.15, 0.2) is 12.4 Å². The third-order valence-electron chi connectivity index (χ3n) is 4.08. The Morgan fingerprint density at radius 1 is 0.963 bits per heavy atom. The molecule has 6 heteroatoms. The first kappa shape index (κ1) is 17.1. The molecule has 0 N–H and O–H groups in total. The number of rotatable bonds is 3. The number of nitrogens with zero attached hydrogens (tertiary/aromatic N) is 1. The molecule has 0 bridgehead atoms. The molecule has 1 aliphatic heterocycles. The van der Waals surface area contributed by atoms with Crippen molar-refractivity contribution in [2.24, 2.45) is 0 Å². The zero-order chi connectivity index (χ0) is 18.8. The first-order valence-electron chi connectivity index (χ1n) is 8.25. The topological polar surface area (TPSA) is 55.8 Å². The molecular formula is C21H14ClNO4. The van der Waals surface area contributed by atoms with E-state index in [4.69, 9.17) is 21.1 Å². The molecule has 4 rings (SSSR count). The molecule has 0 atom stereocenters. The smallest absolute Gasteiger partial charge is 0.345 e. The summed E-state index contributed by atoms with van der Waals surface area (Å²) in [7, 11) is 0. The molecule has 1 heterocycles. The fraction of sp³-hybridized carbons (Fsp3) is 0.0476. The quantitative estimate of drug-likeness (QED) is 0.492. The van der Waals surface area contributed by atoms with Crippen LogP contribution in [-0.4, -0.2) is 18.5 Å². The van der Waals surface area contributed by atoms with Gasteiger partial charge in [0.1, 0.15) is 5.75 Å². The van der Waals surface area contributed by atoms with Crippen LogP contribution >= 0.6 is 11.6 Å². The lowest BCUT2D eigenvalue weighted by molar-refractivity contribution is -0.119. The number of amides is 1. The lowest BCUT2D eigenvalue weighted by Gasteiger charge is -2.23. The van der Waals surface area contributed by atoms with Gasteiger partial charge >= 0.3 is 5.97 Å². The largest absolute Gasteiger partial charge is 0.484 e. The molecule has 0 unspecified atom stereocenters. The molecule has 0 aromatic heterocycles. The van der Waals surface area contributed by atoms with Gasteiger partial charge in [0.2, 0.25) is 0 Å². The fourth-order valence-electron chi connectivity index (χ4n) is 2.87. The summed E-state index contributed by atoms with van der Waals surface area (Å²) in [5, 5.41) is 0.405. The summed E-state index contributed by atoms with van der Waals surface area (Å²) in [6.07, 6.45) is 0. The van der Waals surface area contributed by atoms with E-state index in [1.165, 1.54) is 4.90 Å². The Morgan fingerprint density at radius 2 is 1.70 bits per heavy atom. The van der Waals surface area contributed by atoms with Gasteiger partial charge in [0.25, 0.3) is 5.91 Å². The number of fused-ring (bicyclic) bond motifs is 2. The van der Waals surface area contributed by atoms with E-state index in [1.54, 1.807) is 54.6 Å². The molecule has 134 valence electrons. The van der Waals surface area contributed by atoms with Crippen LogP contribution in [0, 0.1) is 0 Å². The van der Waals surface area contributed by atoms with Crippen molar-refractivity contribution in [3.63, 3.8) is 0 Å². The summed E-state index contributed by atoms with van der Waals surface area (Å²) >= 11 is 6.13. The number of carbonyl (C=O) groups is 2. The van der Waals surface area contributed by atoms with Crippen LogP contribution in [0.25, 0.3) is 0 Å². The van der Waals surface area contributed by atoms with E-state index >= 15 is 0 Å². The van der Waals surface area contributed by atoms with E-state index in [-0.39, 0.29) is 18.1 Å². The third-order valence-corrected chi connectivity index (χ3v) is 4.32. The summed E-state index contributed by atoms with van der Waals surface area (Å²) in [6, 6.07) is 20.6. The molecule has 0 spiro atoms. The van der Waals surface area contributed by atoms with Crippen LogP contribution in [0.2, 0.25) is 5.02 Å². The van der Waals surface area contributed by atoms with Gasteiger partial charge < -0.3 is 9.47 Å². The fourth-order valence-corrected chi connectivity index (χ4v) is 3.04. The molecule has 0 saturated heterocycles. The number of anilines is 2. The predicted molar refractivity (Wildman–Crippen MR) is 102 cm³/mol. The summed E-state index contributed by atoms with van der Waals surface area (Å²) in [5.41, 5.74) is 1.07. The Bertz CT molecular complexity index is 1020. The zero-order valence-corrected chi connectivity index (χ0v) is 14.8. The highest BCUT2D eigenvalue weighted by Gasteiger charge is 2.31. The molecule has 1 amide bonds. The Labute approximate surface area is 160 Å². The molecule has 3 aromatic rings. The van der Waals surface area contributed by atoms with Gasteiger partial charge in [-0.1, -0.05) is 41.9 Å². The van der Waals surface area contributed by atoms with Crippen LogP contribution < -0.4 is 14.4 Å². The van der Waals surface area contributed by atoms with Crippen molar-refractivity contribution in [1.82, 2.24) is 0 Å². The summed E-state index contributed by atoms with van der Waals surface area (Å²) in [4.78, 5) is 27.0. The summed E-state index contributed by atoms with van der Waals surface area (Å²) in [6.45, 7) is -0.210. The minimum absolute atomic E-state index is 0.210. The van der Waals surface area contributed by atoms with E-state index in [0.717, 1.165) is 0 Å². The number of hydrogen-bond donors (Lipinski definition) is 0.